The Morgan fingerprint density at radius 2 is 2.07 bits per heavy atom. The fraction of sp³-hybridized carbons (Fsp3) is 0.150. The van der Waals surface area contributed by atoms with Gasteiger partial charge in [-0.1, -0.05) is 0 Å². The van der Waals surface area contributed by atoms with E-state index in [9.17, 15) is 14.9 Å². The molecule has 0 saturated heterocycles. The van der Waals surface area contributed by atoms with Crippen molar-refractivity contribution in [1.29, 1.82) is 5.26 Å². The maximum absolute atomic E-state index is 11.5. The van der Waals surface area contributed by atoms with E-state index in [-0.39, 0.29) is 12.5 Å². The minimum Gasteiger partial charge on any atom is -0.485 e. The summed E-state index contributed by atoms with van der Waals surface area (Å²) in [6.07, 6.45) is 0.997. The van der Waals surface area contributed by atoms with Gasteiger partial charge in [0, 0.05) is 11.3 Å². The monoisotopic (exact) mass is 358 g/mol. The molecule has 1 N–H and O–H groups in total. The summed E-state index contributed by atoms with van der Waals surface area (Å²) in [7, 11) is 0. The second kappa shape index (κ2) is 6.84. The second-order valence-corrected chi connectivity index (χ2v) is 6.10. The number of aldehydes is 1. The zero-order chi connectivity index (χ0) is 18.8. The van der Waals surface area contributed by atoms with Crippen molar-refractivity contribution < 1.29 is 14.3 Å². The Kier molecular flexibility index (Phi) is 4.22. The summed E-state index contributed by atoms with van der Waals surface area (Å²) in [6, 6.07) is 12.9. The number of rotatable bonds is 5. The number of nitrogens with one attached hydrogen (secondary N) is 1. The van der Waals surface area contributed by atoms with E-state index in [1.165, 1.54) is 0 Å². The first-order valence-corrected chi connectivity index (χ1v) is 8.34. The van der Waals surface area contributed by atoms with Gasteiger partial charge in [0.25, 0.3) is 0 Å². The number of carbonyl (C=O) groups is 2. The second-order valence-electron chi connectivity index (χ2n) is 6.10. The minimum atomic E-state index is -0.0993. The van der Waals surface area contributed by atoms with E-state index in [1.807, 2.05) is 18.2 Å². The number of benzene rings is 2. The van der Waals surface area contributed by atoms with Crippen LogP contribution in [0, 0.1) is 11.3 Å². The van der Waals surface area contributed by atoms with Gasteiger partial charge in [0.05, 0.1) is 24.2 Å². The van der Waals surface area contributed by atoms with Crippen LogP contribution in [0.3, 0.4) is 0 Å². The smallest absolute Gasteiger partial charge is 0.228 e. The lowest BCUT2D eigenvalue weighted by molar-refractivity contribution is -0.115. The molecule has 0 aromatic heterocycles. The molecule has 0 unspecified atom stereocenters. The number of amidine groups is 1. The summed E-state index contributed by atoms with van der Waals surface area (Å²) >= 11 is 0. The molecule has 0 bridgehead atoms. The largest absolute Gasteiger partial charge is 0.485 e. The average molecular weight is 358 g/mol. The Morgan fingerprint density at radius 1 is 1.22 bits per heavy atom. The first kappa shape index (κ1) is 16.7. The number of fused-ring (bicyclic) bond motifs is 1. The highest BCUT2D eigenvalue weighted by Gasteiger charge is 2.20. The van der Waals surface area contributed by atoms with Crippen molar-refractivity contribution >= 4 is 29.4 Å². The highest BCUT2D eigenvalue weighted by molar-refractivity contribution is 6.17. The van der Waals surface area contributed by atoms with E-state index in [1.54, 1.807) is 18.2 Å². The lowest BCUT2D eigenvalue weighted by atomic mass is 10.1. The first-order chi connectivity index (χ1) is 13.2. The normalized spacial score (nSPS) is 14.7. The predicted octanol–water partition coefficient (Wildman–Crippen LogP) is 1.88. The van der Waals surface area contributed by atoms with Gasteiger partial charge in [-0.15, -0.1) is 0 Å². The summed E-state index contributed by atoms with van der Waals surface area (Å²) in [5, 5.41) is 12.1. The molecular formula is C20H14N4O3. The van der Waals surface area contributed by atoms with Crippen LogP contribution in [0.25, 0.3) is 0 Å². The van der Waals surface area contributed by atoms with E-state index in [2.05, 4.69) is 21.4 Å². The molecule has 2 aromatic rings. The Hall–Kier alpha value is -3.79. The summed E-state index contributed by atoms with van der Waals surface area (Å²) in [4.78, 5) is 31.0. The van der Waals surface area contributed by atoms with Crippen molar-refractivity contribution in [2.45, 2.75) is 6.42 Å². The maximum Gasteiger partial charge on any atom is 0.228 e. The van der Waals surface area contributed by atoms with Crippen LogP contribution in [0.5, 0.6) is 5.75 Å². The number of nitrogens with zero attached hydrogens (tertiary/aromatic N) is 3. The molecule has 0 aliphatic carbocycles. The van der Waals surface area contributed by atoms with Gasteiger partial charge in [0.2, 0.25) is 5.91 Å². The van der Waals surface area contributed by atoms with Crippen LogP contribution in [0.15, 0.2) is 46.4 Å². The molecule has 4 rings (SSSR count). The van der Waals surface area contributed by atoms with Gasteiger partial charge < -0.3 is 10.1 Å². The first-order valence-electron chi connectivity index (χ1n) is 8.34. The molecule has 0 saturated carbocycles. The Morgan fingerprint density at radius 3 is 2.89 bits per heavy atom. The topological polar surface area (TPSA) is 104 Å². The molecule has 132 valence electrons. The van der Waals surface area contributed by atoms with E-state index in [0.29, 0.717) is 36.4 Å². The van der Waals surface area contributed by atoms with Crippen LogP contribution in [0.2, 0.25) is 0 Å². The van der Waals surface area contributed by atoms with Crippen molar-refractivity contribution in [3.8, 4) is 11.8 Å². The molecule has 2 aliphatic rings. The van der Waals surface area contributed by atoms with Crippen LogP contribution in [-0.2, 0) is 16.0 Å². The summed E-state index contributed by atoms with van der Waals surface area (Å²) in [5.74, 6) is 0.955. The number of anilines is 1. The quantitative estimate of drug-likeness (QED) is 0.824. The van der Waals surface area contributed by atoms with E-state index >= 15 is 0 Å². The zero-order valence-electron chi connectivity index (χ0n) is 14.2. The lowest BCUT2D eigenvalue weighted by Gasteiger charge is -2.07. The Labute approximate surface area is 155 Å². The van der Waals surface area contributed by atoms with Gasteiger partial charge in [-0.05, 0) is 47.5 Å². The third-order valence-corrected chi connectivity index (χ3v) is 4.35. The van der Waals surface area contributed by atoms with Gasteiger partial charge in [-0.25, -0.2) is 4.99 Å². The standard InChI is InChI=1S/C20H14N4O3/c21-10-15-7-12(2-4-18(15)27-6-5-25)17-11-22-20(24-17)13-1-3-16-14(8-13)9-19(26)23-16/h1-5,7-8H,6,9,11H2,(H,23,26). The Bertz CT molecular complexity index is 1060. The molecule has 27 heavy (non-hydrogen) atoms. The zero-order valence-corrected chi connectivity index (χ0v) is 14.2. The third-order valence-electron chi connectivity index (χ3n) is 4.35. The number of amides is 1. The molecule has 2 aliphatic heterocycles. The van der Waals surface area contributed by atoms with Gasteiger partial charge in [0.15, 0.2) is 12.1 Å². The summed E-state index contributed by atoms with van der Waals surface area (Å²) in [5.41, 5.74) is 4.49. The van der Waals surface area contributed by atoms with E-state index in [4.69, 9.17) is 4.74 Å². The van der Waals surface area contributed by atoms with Crippen molar-refractivity contribution in [3.05, 3.63) is 58.7 Å². The fourth-order valence-corrected chi connectivity index (χ4v) is 3.07. The molecule has 2 aromatic carbocycles. The highest BCUT2D eigenvalue weighted by Crippen LogP contribution is 2.26. The van der Waals surface area contributed by atoms with Crippen molar-refractivity contribution in [2.75, 3.05) is 18.5 Å². The molecule has 7 heteroatoms. The Balaban J connectivity index is 1.59. The number of hydrogen-bond donors (Lipinski definition) is 1. The number of nitriles is 1. The van der Waals surface area contributed by atoms with E-state index < -0.39 is 0 Å². The van der Waals surface area contributed by atoms with Crippen LogP contribution >= 0.6 is 0 Å². The van der Waals surface area contributed by atoms with Gasteiger partial charge >= 0.3 is 0 Å². The molecule has 7 nitrogen and oxygen atoms in total. The lowest BCUT2D eigenvalue weighted by Crippen LogP contribution is -2.05. The van der Waals surface area contributed by atoms with E-state index in [0.717, 1.165) is 28.1 Å². The average Bonchev–Trinajstić information content (AvgIpc) is 3.31. The highest BCUT2D eigenvalue weighted by atomic mass is 16.5. The number of carbonyl (C=O) groups excluding carboxylic acids is 2. The predicted molar refractivity (Wildman–Crippen MR) is 99.4 cm³/mol. The van der Waals surface area contributed by atoms with Crippen LogP contribution in [-0.4, -0.2) is 36.9 Å². The van der Waals surface area contributed by atoms with Gasteiger partial charge in [-0.3, -0.25) is 14.6 Å². The van der Waals surface area contributed by atoms with Crippen molar-refractivity contribution in [1.82, 2.24) is 0 Å². The molecule has 0 spiro atoms. The SMILES string of the molecule is N#Cc1cc(C2=NC(c3ccc4c(c3)CC(=O)N4)=NC2)ccc1OCC=O. The summed E-state index contributed by atoms with van der Waals surface area (Å²) < 4.78 is 5.24. The van der Waals surface area contributed by atoms with Gasteiger partial charge in [0.1, 0.15) is 18.4 Å². The molecule has 0 fully saturated rings. The molecule has 2 heterocycles. The summed E-state index contributed by atoms with van der Waals surface area (Å²) in [6.45, 7) is 0.306. The number of ether oxygens (including phenoxy) is 1. The van der Waals surface area contributed by atoms with Crippen LogP contribution < -0.4 is 10.1 Å². The minimum absolute atomic E-state index is 0.0133. The third kappa shape index (κ3) is 3.20. The molecule has 0 radical (unpaired) electrons. The number of hydrogen-bond acceptors (Lipinski definition) is 6. The molecule has 0 atom stereocenters. The van der Waals surface area contributed by atoms with Crippen molar-refractivity contribution in [2.24, 2.45) is 9.98 Å². The van der Waals surface area contributed by atoms with Gasteiger partial charge in [-0.2, -0.15) is 5.26 Å². The fourth-order valence-electron chi connectivity index (χ4n) is 3.07. The number of aliphatic imine (C=N–C) groups is 2. The maximum atomic E-state index is 11.5. The molecular weight excluding hydrogens is 344 g/mol. The van der Waals surface area contributed by atoms with Crippen LogP contribution in [0.4, 0.5) is 5.69 Å². The molecule has 1 amide bonds. The van der Waals surface area contributed by atoms with Crippen LogP contribution in [0.1, 0.15) is 22.3 Å². The van der Waals surface area contributed by atoms with Crippen molar-refractivity contribution in [3.63, 3.8) is 0 Å².